The third-order valence-corrected chi connectivity index (χ3v) is 3.88. The third kappa shape index (κ3) is 4.05. The standard InChI is InChI=1S/C17H22N4O3/c1-12-3-5-15(24-12)13(2)19-17(22)20-14-4-6-16(18-11-14)21-7-9-23-10-8-21/h3-6,11,13H,7-10H2,1-2H3,(H2,19,20,22)/t13-/m0/s1. The van der Waals surface area contributed by atoms with Crippen LogP contribution in [0.25, 0.3) is 0 Å². The van der Waals surface area contributed by atoms with Gasteiger partial charge in [-0.15, -0.1) is 0 Å². The number of nitrogens with one attached hydrogen (secondary N) is 2. The number of carbonyl (C=O) groups is 1. The van der Waals surface area contributed by atoms with Crippen molar-refractivity contribution in [2.24, 2.45) is 0 Å². The van der Waals surface area contributed by atoms with Gasteiger partial charge < -0.3 is 24.7 Å². The van der Waals surface area contributed by atoms with Crippen LogP contribution in [0.15, 0.2) is 34.9 Å². The van der Waals surface area contributed by atoms with Gasteiger partial charge in [0.05, 0.1) is 31.1 Å². The lowest BCUT2D eigenvalue weighted by atomic mass is 10.2. The van der Waals surface area contributed by atoms with Crippen LogP contribution in [-0.2, 0) is 4.74 Å². The first-order chi connectivity index (χ1) is 11.6. The number of ether oxygens (including phenoxy) is 1. The second-order valence-corrected chi connectivity index (χ2v) is 5.77. The Bertz CT molecular complexity index is 677. The summed E-state index contributed by atoms with van der Waals surface area (Å²) in [5, 5.41) is 5.62. The van der Waals surface area contributed by atoms with Crippen LogP contribution in [0, 0.1) is 6.92 Å². The molecule has 0 aromatic carbocycles. The molecule has 1 aliphatic rings. The molecule has 3 rings (SSSR count). The van der Waals surface area contributed by atoms with Crippen molar-refractivity contribution in [1.29, 1.82) is 0 Å². The predicted molar refractivity (Wildman–Crippen MR) is 91.3 cm³/mol. The molecule has 0 spiro atoms. The minimum atomic E-state index is -0.294. The highest BCUT2D eigenvalue weighted by atomic mass is 16.5. The summed E-state index contributed by atoms with van der Waals surface area (Å²) in [4.78, 5) is 18.6. The number of nitrogens with zero attached hydrogens (tertiary/aromatic N) is 2. The maximum absolute atomic E-state index is 12.1. The van der Waals surface area contributed by atoms with Gasteiger partial charge >= 0.3 is 6.03 Å². The molecule has 2 aromatic rings. The van der Waals surface area contributed by atoms with Crippen molar-refractivity contribution in [2.75, 3.05) is 36.5 Å². The molecule has 1 fully saturated rings. The quantitative estimate of drug-likeness (QED) is 0.901. The number of morpholine rings is 1. The van der Waals surface area contributed by atoms with Gasteiger partial charge in [-0.25, -0.2) is 9.78 Å². The Balaban J connectivity index is 1.54. The highest BCUT2D eigenvalue weighted by molar-refractivity contribution is 5.89. The van der Waals surface area contributed by atoms with Gasteiger partial charge in [-0.1, -0.05) is 0 Å². The van der Waals surface area contributed by atoms with E-state index in [1.807, 2.05) is 38.1 Å². The van der Waals surface area contributed by atoms with Gasteiger partial charge in [-0.2, -0.15) is 0 Å². The van der Waals surface area contributed by atoms with Gasteiger partial charge in [0, 0.05) is 13.1 Å². The second-order valence-electron chi connectivity index (χ2n) is 5.77. The Morgan fingerprint density at radius 2 is 2.04 bits per heavy atom. The number of urea groups is 1. The SMILES string of the molecule is Cc1ccc([C@H](C)NC(=O)Nc2ccc(N3CCOCC3)nc2)o1. The molecule has 0 radical (unpaired) electrons. The van der Waals surface area contributed by atoms with Crippen LogP contribution in [0.1, 0.15) is 24.5 Å². The van der Waals surface area contributed by atoms with Crippen LogP contribution >= 0.6 is 0 Å². The molecule has 0 unspecified atom stereocenters. The molecule has 7 nitrogen and oxygen atoms in total. The summed E-state index contributed by atoms with van der Waals surface area (Å²) in [5.74, 6) is 2.44. The Morgan fingerprint density at radius 3 is 2.67 bits per heavy atom. The van der Waals surface area contributed by atoms with Crippen molar-refractivity contribution in [2.45, 2.75) is 19.9 Å². The molecule has 1 saturated heterocycles. The van der Waals surface area contributed by atoms with Gasteiger partial charge in [0.2, 0.25) is 0 Å². The van der Waals surface area contributed by atoms with E-state index in [0.29, 0.717) is 18.9 Å². The van der Waals surface area contributed by atoms with Crippen molar-refractivity contribution in [3.05, 3.63) is 42.0 Å². The molecule has 0 saturated carbocycles. The Hall–Kier alpha value is -2.54. The highest BCUT2D eigenvalue weighted by Gasteiger charge is 2.14. The van der Waals surface area contributed by atoms with E-state index in [1.165, 1.54) is 0 Å². The van der Waals surface area contributed by atoms with E-state index in [1.54, 1.807) is 6.20 Å². The lowest BCUT2D eigenvalue weighted by Crippen LogP contribution is -2.36. The summed E-state index contributed by atoms with van der Waals surface area (Å²) in [6.07, 6.45) is 1.66. The molecule has 0 aliphatic carbocycles. The Morgan fingerprint density at radius 1 is 1.25 bits per heavy atom. The molecule has 1 atom stereocenters. The Kier molecular flexibility index (Phi) is 5.00. The molecule has 128 valence electrons. The van der Waals surface area contributed by atoms with Gasteiger partial charge in [0.15, 0.2) is 0 Å². The number of pyridine rings is 1. The molecule has 24 heavy (non-hydrogen) atoms. The summed E-state index contributed by atoms with van der Waals surface area (Å²) in [6, 6.07) is 6.98. The smallest absolute Gasteiger partial charge is 0.319 e. The fraction of sp³-hybridized carbons (Fsp3) is 0.412. The predicted octanol–water partition coefficient (Wildman–Crippen LogP) is 2.70. The fourth-order valence-electron chi connectivity index (χ4n) is 2.56. The van der Waals surface area contributed by atoms with Gasteiger partial charge in [0.1, 0.15) is 17.3 Å². The van der Waals surface area contributed by atoms with Crippen molar-refractivity contribution in [3.63, 3.8) is 0 Å². The number of aryl methyl sites for hydroxylation is 1. The van der Waals surface area contributed by atoms with Crippen LogP contribution in [-0.4, -0.2) is 37.3 Å². The third-order valence-electron chi connectivity index (χ3n) is 3.88. The monoisotopic (exact) mass is 330 g/mol. The average molecular weight is 330 g/mol. The van der Waals surface area contributed by atoms with Gasteiger partial charge in [0.25, 0.3) is 0 Å². The number of aromatic nitrogens is 1. The minimum absolute atomic E-state index is 0.209. The summed E-state index contributed by atoms with van der Waals surface area (Å²) in [6.45, 7) is 6.85. The molecule has 2 aromatic heterocycles. The number of carbonyl (C=O) groups excluding carboxylic acids is 1. The van der Waals surface area contributed by atoms with Crippen molar-refractivity contribution in [3.8, 4) is 0 Å². The first-order valence-corrected chi connectivity index (χ1v) is 8.04. The largest absolute Gasteiger partial charge is 0.464 e. The van der Waals surface area contributed by atoms with Crippen LogP contribution < -0.4 is 15.5 Å². The van der Waals surface area contributed by atoms with Gasteiger partial charge in [-0.3, -0.25) is 0 Å². The van der Waals surface area contributed by atoms with Crippen molar-refractivity contribution in [1.82, 2.24) is 10.3 Å². The fourth-order valence-corrected chi connectivity index (χ4v) is 2.56. The van der Waals surface area contributed by atoms with E-state index >= 15 is 0 Å². The zero-order chi connectivity index (χ0) is 16.9. The highest BCUT2D eigenvalue weighted by Crippen LogP contribution is 2.17. The topological polar surface area (TPSA) is 79.6 Å². The molecule has 2 N–H and O–H groups in total. The first-order valence-electron chi connectivity index (χ1n) is 8.04. The number of hydrogen-bond acceptors (Lipinski definition) is 5. The van der Waals surface area contributed by atoms with E-state index in [-0.39, 0.29) is 12.1 Å². The van der Waals surface area contributed by atoms with E-state index in [0.717, 1.165) is 30.4 Å². The zero-order valence-corrected chi connectivity index (χ0v) is 13.9. The van der Waals surface area contributed by atoms with E-state index < -0.39 is 0 Å². The molecule has 7 heteroatoms. The van der Waals surface area contributed by atoms with E-state index in [2.05, 4.69) is 20.5 Å². The molecule has 1 aliphatic heterocycles. The minimum Gasteiger partial charge on any atom is -0.464 e. The lowest BCUT2D eigenvalue weighted by Gasteiger charge is -2.27. The molecular formula is C17H22N4O3. The van der Waals surface area contributed by atoms with Crippen molar-refractivity contribution >= 4 is 17.5 Å². The van der Waals surface area contributed by atoms with E-state index in [4.69, 9.17) is 9.15 Å². The zero-order valence-electron chi connectivity index (χ0n) is 13.9. The van der Waals surface area contributed by atoms with Crippen LogP contribution in [0.4, 0.5) is 16.3 Å². The summed E-state index contributed by atoms with van der Waals surface area (Å²) >= 11 is 0. The lowest BCUT2D eigenvalue weighted by molar-refractivity contribution is 0.122. The van der Waals surface area contributed by atoms with Crippen LogP contribution in [0.5, 0.6) is 0 Å². The van der Waals surface area contributed by atoms with E-state index in [9.17, 15) is 4.79 Å². The number of anilines is 2. The number of rotatable bonds is 4. The molecule has 2 amide bonds. The molecule has 0 bridgehead atoms. The van der Waals surface area contributed by atoms with Crippen molar-refractivity contribution < 1.29 is 13.9 Å². The second kappa shape index (κ2) is 7.35. The molecule has 3 heterocycles. The summed E-state index contributed by atoms with van der Waals surface area (Å²) < 4.78 is 10.8. The summed E-state index contributed by atoms with van der Waals surface area (Å²) in [7, 11) is 0. The number of amides is 2. The Labute approximate surface area is 141 Å². The van der Waals surface area contributed by atoms with Gasteiger partial charge in [-0.05, 0) is 38.1 Å². The summed E-state index contributed by atoms with van der Waals surface area (Å²) in [5.41, 5.74) is 0.646. The average Bonchev–Trinajstić information content (AvgIpc) is 3.03. The maximum Gasteiger partial charge on any atom is 0.319 e. The van der Waals surface area contributed by atoms with Crippen LogP contribution in [0.2, 0.25) is 0 Å². The number of hydrogen-bond donors (Lipinski definition) is 2. The first kappa shape index (κ1) is 16.3. The van der Waals surface area contributed by atoms with Crippen LogP contribution in [0.3, 0.4) is 0 Å². The normalized spacial score (nSPS) is 15.8. The molecular weight excluding hydrogens is 308 g/mol. The number of furan rings is 1. The maximum atomic E-state index is 12.1.